The van der Waals surface area contributed by atoms with E-state index in [0.29, 0.717) is 24.3 Å². The lowest BCUT2D eigenvalue weighted by Gasteiger charge is -2.15. The molecule has 0 saturated heterocycles. The summed E-state index contributed by atoms with van der Waals surface area (Å²) >= 11 is 0. The normalized spacial score (nSPS) is 13.1. The Morgan fingerprint density at radius 2 is 1.32 bits per heavy atom. The van der Waals surface area contributed by atoms with Gasteiger partial charge in [0.1, 0.15) is 0 Å². The van der Waals surface area contributed by atoms with Gasteiger partial charge in [0.2, 0.25) is 5.95 Å². The number of imidazole rings is 1. The van der Waals surface area contributed by atoms with Gasteiger partial charge in [0, 0.05) is 32.4 Å². The van der Waals surface area contributed by atoms with Crippen LogP contribution in [0, 0.1) is 0 Å². The SMILES string of the molecule is CCCCCCCCCCCCCCCCn1c(=O)c2c(nc3n2CCN3c2ccccc2)n(C)c1=O. The first-order valence-electron chi connectivity index (χ1n) is 14.7. The maximum Gasteiger partial charge on any atom is 0.332 e. The molecule has 1 aromatic carbocycles. The van der Waals surface area contributed by atoms with Gasteiger partial charge in [-0.25, -0.2) is 4.79 Å². The Kier molecular flexibility index (Phi) is 10.0. The molecule has 0 fully saturated rings. The first-order chi connectivity index (χ1) is 18.1. The molecule has 0 radical (unpaired) electrons. The zero-order valence-corrected chi connectivity index (χ0v) is 23.0. The summed E-state index contributed by atoms with van der Waals surface area (Å²) in [4.78, 5) is 33.2. The maximum atomic E-state index is 13.4. The number of fused-ring (bicyclic) bond motifs is 3. The summed E-state index contributed by atoms with van der Waals surface area (Å²) < 4.78 is 4.93. The Labute approximate surface area is 221 Å². The number of aryl methyl sites for hydroxylation is 1. The highest BCUT2D eigenvalue weighted by molar-refractivity contribution is 5.77. The first-order valence-corrected chi connectivity index (χ1v) is 14.7. The van der Waals surface area contributed by atoms with Gasteiger partial charge in [-0.1, -0.05) is 109 Å². The lowest BCUT2D eigenvalue weighted by molar-refractivity contribution is 0.510. The van der Waals surface area contributed by atoms with E-state index in [1.54, 1.807) is 7.05 Å². The summed E-state index contributed by atoms with van der Waals surface area (Å²) in [6, 6.07) is 10.1. The molecule has 7 heteroatoms. The molecule has 1 aliphatic heterocycles. The Balaban J connectivity index is 1.25. The van der Waals surface area contributed by atoms with Crippen molar-refractivity contribution in [3.05, 3.63) is 51.2 Å². The van der Waals surface area contributed by atoms with Gasteiger partial charge in [0.15, 0.2) is 11.2 Å². The minimum atomic E-state index is -0.268. The van der Waals surface area contributed by atoms with Gasteiger partial charge in [0.05, 0.1) is 0 Å². The Morgan fingerprint density at radius 3 is 1.92 bits per heavy atom. The third kappa shape index (κ3) is 6.55. The van der Waals surface area contributed by atoms with Crippen molar-refractivity contribution >= 4 is 22.8 Å². The van der Waals surface area contributed by atoms with Gasteiger partial charge < -0.3 is 9.47 Å². The molecule has 7 nitrogen and oxygen atoms in total. The van der Waals surface area contributed by atoms with Crippen molar-refractivity contribution in [1.82, 2.24) is 18.7 Å². The monoisotopic (exact) mass is 507 g/mol. The molecule has 3 heterocycles. The van der Waals surface area contributed by atoms with Crippen LogP contribution in [0.1, 0.15) is 96.8 Å². The van der Waals surface area contributed by atoms with Gasteiger partial charge in [-0.05, 0) is 18.6 Å². The van der Waals surface area contributed by atoms with Crippen molar-refractivity contribution in [3.8, 4) is 0 Å². The van der Waals surface area contributed by atoms with Crippen LogP contribution in [0.5, 0.6) is 0 Å². The number of hydrogen-bond acceptors (Lipinski definition) is 4. The number of unbranched alkanes of at least 4 members (excludes halogenated alkanes) is 13. The molecule has 202 valence electrons. The van der Waals surface area contributed by atoms with E-state index in [0.717, 1.165) is 31.0 Å². The van der Waals surface area contributed by atoms with Crippen molar-refractivity contribution < 1.29 is 0 Å². The molecule has 2 aromatic heterocycles. The van der Waals surface area contributed by atoms with Crippen LogP contribution >= 0.6 is 0 Å². The smallest absolute Gasteiger partial charge is 0.310 e. The Morgan fingerprint density at radius 1 is 0.757 bits per heavy atom. The fourth-order valence-corrected chi connectivity index (χ4v) is 5.59. The van der Waals surface area contributed by atoms with Crippen molar-refractivity contribution in [2.45, 2.75) is 110 Å². The summed E-state index contributed by atoms with van der Waals surface area (Å²) in [5.74, 6) is 0.738. The number of para-hydroxylation sites is 1. The Bertz CT molecular complexity index is 1240. The predicted molar refractivity (Wildman–Crippen MR) is 153 cm³/mol. The lowest BCUT2D eigenvalue weighted by atomic mass is 10.0. The fourth-order valence-electron chi connectivity index (χ4n) is 5.59. The standard InChI is InChI=1S/C30H45N5O2/c1-3-4-5-6-7-8-9-10-11-12-13-14-15-19-22-35-28(36)26-27(32(2)30(35)37)31-29-33(23-24-34(26)29)25-20-17-16-18-21-25/h16-18,20-21H,3-15,19,22-24H2,1-2H3. The summed E-state index contributed by atoms with van der Waals surface area (Å²) in [6.45, 7) is 4.20. The van der Waals surface area contributed by atoms with Crippen molar-refractivity contribution in [1.29, 1.82) is 0 Å². The topological polar surface area (TPSA) is 65.1 Å². The fraction of sp³-hybridized carbons (Fsp3) is 0.633. The highest BCUT2D eigenvalue weighted by Gasteiger charge is 2.28. The van der Waals surface area contributed by atoms with Crippen molar-refractivity contribution in [2.75, 3.05) is 11.4 Å². The van der Waals surface area contributed by atoms with E-state index >= 15 is 0 Å². The second-order valence-electron chi connectivity index (χ2n) is 10.6. The van der Waals surface area contributed by atoms with E-state index in [-0.39, 0.29) is 11.2 Å². The molecule has 0 saturated carbocycles. The van der Waals surface area contributed by atoms with Gasteiger partial charge in [-0.2, -0.15) is 4.98 Å². The Hall–Kier alpha value is -2.83. The maximum absolute atomic E-state index is 13.4. The number of benzene rings is 1. The lowest BCUT2D eigenvalue weighted by Crippen LogP contribution is -2.39. The highest BCUT2D eigenvalue weighted by Crippen LogP contribution is 2.31. The number of hydrogen-bond donors (Lipinski definition) is 0. The van der Waals surface area contributed by atoms with E-state index in [4.69, 9.17) is 4.98 Å². The van der Waals surface area contributed by atoms with Crippen molar-refractivity contribution in [3.63, 3.8) is 0 Å². The number of aromatic nitrogens is 4. The summed E-state index contributed by atoms with van der Waals surface area (Å²) in [7, 11) is 1.72. The molecule has 0 amide bonds. The van der Waals surface area contributed by atoms with Crippen LogP contribution in [-0.2, 0) is 20.1 Å². The predicted octanol–water partition coefficient (Wildman–Crippen LogP) is 6.53. The minimum absolute atomic E-state index is 0.207. The molecular weight excluding hydrogens is 462 g/mol. The quantitative estimate of drug-likeness (QED) is 0.207. The summed E-state index contributed by atoms with van der Waals surface area (Å²) in [5, 5.41) is 0. The van der Waals surface area contributed by atoms with Crippen LogP contribution in [0.2, 0.25) is 0 Å². The molecule has 0 bridgehead atoms. The second kappa shape index (κ2) is 13.6. The van der Waals surface area contributed by atoms with Gasteiger partial charge in [-0.15, -0.1) is 0 Å². The van der Waals surface area contributed by atoms with E-state index in [9.17, 15) is 9.59 Å². The van der Waals surface area contributed by atoms with Crippen LogP contribution in [0.15, 0.2) is 39.9 Å². The molecule has 0 aliphatic carbocycles. The molecule has 0 N–H and O–H groups in total. The van der Waals surface area contributed by atoms with E-state index < -0.39 is 0 Å². The molecule has 37 heavy (non-hydrogen) atoms. The number of anilines is 2. The highest BCUT2D eigenvalue weighted by atomic mass is 16.2. The van der Waals surface area contributed by atoms with E-state index in [2.05, 4.69) is 11.8 Å². The van der Waals surface area contributed by atoms with Crippen LogP contribution in [-0.4, -0.2) is 25.2 Å². The summed E-state index contributed by atoms with van der Waals surface area (Å²) in [5.41, 5.74) is 1.59. The minimum Gasteiger partial charge on any atom is -0.310 e. The second-order valence-corrected chi connectivity index (χ2v) is 10.6. The van der Waals surface area contributed by atoms with Crippen LogP contribution in [0.25, 0.3) is 11.2 Å². The average molecular weight is 508 g/mol. The molecule has 0 atom stereocenters. The molecule has 3 aromatic rings. The van der Waals surface area contributed by atoms with Crippen LogP contribution in [0.4, 0.5) is 11.6 Å². The van der Waals surface area contributed by atoms with Gasteiger partial charge in [0.25, 0.3) is 5.56 Å². The van der Waals surface area contributed by atoms with Crippen LogP contribution < -0.4 is 16.1 Å². The third-order valence-electron chi connectivity index (χ3n) is 7.80. The molecular formula is C30H45N5O2. The average Bonchev–Trinajstić information content (AvgIpc) is 3.49. The number of nitrogens with zero attached hydrogens (tertiary/aromatic N) is 5. The first kappa shape index (κ1) is 27.2. The molecule has 0 unspecified atom stereocenters. The van der Waals surface area contributed by atoms with E-state index in [1.165, 1.54) is 86.2 Å². The van der Waals surface area contributed by atoms with Crippen molar-refractivity contribution in [2.24, 2.45) is 7.05 Å². The van der Waals surface area contributed by atoms with Gasteiger partial charge >= 0.3 is 5.69 Å². The molecule has 4 rings (SSSR count). The zero-order chi connectivity index (χ0) is 26.0. The van der Waals surface area contributed by atoms with E-state index in [1.807, 2.05) is 34.9 Å². The molecule has 1 aliphatic rings. The molecule has 0 spiro atoms. The van der Waals surface area contributed by atoms with Crippen LogP contribution in [0.3, 0.4) is 0 Å². The zero-order valence-electron chi connectivity index (χ0n) is 23.0. The summed E-state index contributed by atoms with van der Waals surface area (Å²) in [6.07, 6.45) is 18.0. The largest absolute Gasteiger partial charge is 0.332 e. The third-order valence-corrected chi connectivity index (χ3v) is 7.80. The van der Waals surface area contributed by atoms with Gasteiger partial charge in [-0.3, -0.25) is 13.9 Å². The number of rotatable bonds is 16.